The lowest BCUT2D eigenvalue weighted by Gasteiger charge is -1.80. The maximum absolute atomic E-state index is 10.0. The smallest absolute Gasteiger partial charge is 0.154 e. The van der Waals surface area contributed by atoms with Crippen LogP contribution in [0.25, 0.3) is 0 Å². The van der Waals surface area contributed by atoms with E-state index in [0.717, 1.165) is 6.61 Å². The van der Waals surface area contributed by atoms with E-state index in [2.05, 4.69) is 13.5 Å². The summed E-state index contributed by atoms with van der Waals surface area (Å²) >= 11 is 0. The number of carbonyl (C=O) groups excluding carboxylic acids is 1. The summed E-state index contributed by atoms with van der Waals surface area (Å²) in [6, 6.07) is 0. The molecule has 0 aliphatic carbocycles. The van der Waals surface area contributed by atoms with Crippen molar-refractivity contribution in [2.24, 2.45) is 0 Å². The lowest BCUT2D eigenvalue weighted by Crippen LogP contribution is -1.86. The molecule has 1 aliphatic rings. The third kappa shape index (κ3) is 7.26. The Kier molecular flexibility index (Phi) is 4.79. The van der Waals surface area contributed by atoms with Crippen LogP contribution in [0, 0.1) is 0 Å². The van der Waals surface area contributed by atoms with Crippen molar-refractivity contribution >= 4 is 5.78 Å². The van der Waals surface area contributed by atoms with Crippen molar-refractivity contribution in [3.63, 3.8) is 0 Å². The first kappa shape index (κ1) is 10.4. The molecule has 1 aliphatic heterocycles. The van der Waals surface area contributed by atoms with Gasteiger partial charge in [0.25, 0.3) is 0 Å². The molecule has 11 heavy (non-hydrogen) atoms. The number of ether oxygens (including phenoxy) is 1. The first-order chi connectivity index (χ1) is 5.07. The van der Waals surface area contributed by atoms with Crippen molar-refractivity contribution < 1.29 is 9.53 Å². The molecule has 0 aromatic heterocycles. The van der Waals surface area contributed by atoms with E-state index in [9.17, 15) is 4.79 Å². The van der Waals surface area contributed by atoms with Crippen LogP contribution in [0.5, 0.6) is 0 Å². The molecule has 0 aromatic rings. The molecule has 0 N–H and O–H groups in total. The molecular formula is C9H16O2. The van der Waals surface area contributed by atoms with Crippen LogP contribution in [0.4, 0.5) is 0 Å². The van der Waals surface area contributed by atoms with E-state index in [0.29, 0.717) is 11.7 Å². The van der Waals surface area contributed by atoms with Gasteiger partial charge in [-0.3, -0.25) is 4.79 Å². The molecule has 2 nitrogen and oxygen atoms in total. The van der Waals surface area contributed by atoms with Gasteiger partial charge in [0.2, 0.25) is 0 Å². The zero-order chi connectivity index (χ0) is 8.85. The topological polar surface area (TPSA) is 29.6 Å². The fourth-order valence-corrected chi connectivity index (χ4v) is 0.304. The molecule has 1 saturated heterocycles. The Morgan fingerprint density at radius 1 is 1.64 bits per heavy atom. The fourth-order valence-electron chi connectivity index (χ4n) is 0.304. The van der Waals surface area contributed by atoms with Crippen LogP contribution >= 0.6 is 0 Å². The minimum absolute atomic E-state index is 0.0648. The van der Waals surface area contributed by atoms with Crippen LogP contribution < -0.4 is 0 Å². The van der Waals surface area contributed by atoms with E-state index >= 15 is 0 Å². The Labute approximate surface area is 68.2 Å². The standard InChI is InChI=1S/C5H8O.C4H8O/c1-4(2)5(3)6;1-2-4-3-5-4/h1H2,2-3H3;4H,2-3H2,1H3. The van der Waals surface area contributed by atoms with Crippen LogP contribution in [0.1, 0.15) is 27.2 Å². The highest BCUT2D eigenvalue weighted by atomic mass is 16.6. The Morgan fingerprint density at radius 2 is 2.00 bits per heavy atom. The molecule has 0 bridgehead atoms. The lowest BCUT2D eigenvalue weighted by molar-refractivity contribution is -0.113. The second kappa shape index (κ2) is 5.08. The monoisotopic (exact) mass is 156 g/mol. The number of epoxide rings is 1. The van der Waals surface area contributed by atoms with Crippen molar-refractivity contribution in [3.05, 3.63) is 12.2 Å². The summed E-state index contributed by atoms with van der Waals surface area (Å²) in [6.45, 7) is 9.75. The summed E-state index contributed by atoms with van der Waals surface area (Å²) in [5, 5.41) is 0. The Hall–Kier alpha value is -0.630. The first-order valence-electron chi connectivity index (χ1n) is 3.86. The van der Waals surface area contributed by atoms with Gasteiger partial charge in [-0.1, -0.05) is 13.5 Å². The molecule has 0 saturated carbocycles. The minimum atomic E-state index is 0.0648. The zero-order valence-corrected chi connectivity index (χ0v) is 7.52. The molecule has 1 atom stereocenters. The Morgan fingerprint density at radius 3 is 2.00 bits per heavy atom. The normalized spacial score (nSPS) is 19.7. The number of carbonyl (C=O) groups is 1. The molecule has 0 radical (unpaired) electrons. The second-order valence-corrected chi connectivity index (χ2v) is 2.70. The lowest BCUT2D eigenvalue weighted by atomic mass is 10.3. The largest absolute Gasteiger partial charge is 0.373 e. The van der Waals surface area contributed by atoms with Crippen LogP contribution in [0.15, 0.2) is 12.2 Å². The predicted octanol–water partition coefficient (Wildman–Crippen LogP) is 1.95. The predicted molar refractivity (Wildman–Crippen MR) is 45.5 cm³/mol. The van der Waals surface area contributed by atoms with Gasteiger partial charge < -0.3 is 4.74 Å². The average molecular weight is 156 g/mol. The third-order valence-corrected chi connectivity index (χ3v) is 1.46. The van der Waals surface area contributed by atoms with E-state index in [-0.39, 0.29) is 5.78 Å². The number of Topliss-reactive ketones (excluding diaryl/α,β-unsaturated/α-hetero) is 1. The minimum Gasteiger partial charge on any atom is -0.373 e. The molecule has 0 spiro atoms. The van der Waals surface area contributed by atoms with Gasteiger partial charge >= 0.3 is 0 Å². The summed E-state index contributed by atoms with van der Waals surface area (Å²) in [5.74, 6) is 0.0648. The van der Waals surface area contributed by atoms with Crippen molar-refractivity contribution in [3.8, 4) is 0 Å². The highest BCUT2D eigenvalue weighted by Crippen LogP contribution is 2.10. The van der Waals surface area contributed by atoms with Crippen LogP contribution in [0.3, 0.4) is 0 Å². The first-order valence-corrected chi connectivity index (χ1v) is 3.86. The quantitative estimate of drug-likeness (QED) is 0.451. The van der Waals surface area contributed by atoms with E-state index < -0.39 is 0 Å². The Balaban J connectivity index is 0.000000183. The highest BCUT2D eigenvalue weighted by Gasteiger charge is 2.18. The van der Waals surface area contributed by atoms with Crippen molar-refractivity contribution in [2.75, 3.05) is 6.61 Å². The van der Waals surface area contributed by atoms with Gasteiger partial charge in [0.1, 0.15) is 0 Å². The van der Waals surface area contributed by atoms with Crippen molar-refractivity contribution in [1.29, 1.82) is 0 Å². The van der Waals surface area contributed by atoms with E-state index in [1.54, 1.807) is 6.92 Å². The van der Waals surface area contributed by atoms with E-state index in [4.69, 9.17) is 4.74 Å². The summed E-state index contributed by atoms with van der Waals surface area (Å²) in [6.07, 6.45) is 1.83. The third-order valence-electron chi connectivity index (χ3n) is 1.46. The second-order valence-electron chi connectivity index (χ2n) is 2.70. The SMILES string of the molecule is C=C(C)C(C)=O.CCC1CO1. The Bertz CT molecular complexity index is 134. The van der Waals surface area contributed by atoms with E-state index in [1.165, 1.54) is 13.3 Å². The highest BCUT2D eigenvalue weighted by molar-refractivity contribution is 5.91. The number of ketones is 1. The molecule has 1 rings (SSSR count). The van der Waals surface area contributed by atoms with Gasteiger partial charge in [-0.25, -0.2) is 0 Å². The maximum Gasteiger partial charge on any atom is 0.154 e. The number of hydrogen-bond donors (Lipinski definition) is 0. The fraction of sp³-hybridized carbons (Fsp3) is 0.667. The van der Waals surface area contributed by atoms with Gasteiger partial charge in [0.05, 0.1) is 12.7 Å². The average Bonchev–Trinajstić information content (AvgIpc) is 2.70. The molecular weight excluding hydrogens is 140 g/mol. The molecule has 1 heterocycles. The van der Waals surface area contributed by atoms with Crippen LogP contribution in [-0.2, 0) is 9.53 Å². The summed E-state index contributed by atoms with van der Waals surface area (Å²) in [4.78, 5) is 10.0. The molecule has 1 fully saturated rings. The van der Waals surface area contributed by atoms with Gasteiger partial charge in [0, 0.05) is 0 Å². The summed E-state index contributed by atoms with van der Waals surface area (Å²) in [5.41, 5.74) is 0.620. The van der Waals surface area contributed by atoms with Crippen molar-refractivity contribution in [1.82, 2.24) is 0 Å². The molecule has 1 unspecified atom stereocenters. The van der Waals surface area contributed by atoms with Gasteiger partial charge in [-0.05, 0) is 25.8 Å². The molecule has 2 heteroatoms. The number of hydrogen-bond acceptors (Lipinski definition) is 2. The summed E-state index contributed by atoms with van der Waals surface area (Å²) < 4.78 is 4.86. The maximum atomic E-state index is 10.0. The number of rotatable bonds is 2. The molecule has 0 amide bonds. The van der Waals surface area contributed by atoms with Crippen LogP contribution in [-0.4, -0.2) is 18.5 Å². The molecule has 64 valence electrons. The van der Waals surface area contributed by atoms with E-state index in [1.807, 2.05) is 0 Å². The zero-order valence-electron chi connectivity index (χ0n) is 7.52. The van der Waals surface area contributed by atoms with Gasteiger partial charge in [-0.2, -0.15) is 0 Å². The van der Waals surface area contributed by atoms with Gasteiger partial charge in [0.15, 0.2) is 5.78 Å². The summed E-state index contributed by atoms with van der Waals surface area (Å²) in [7, 11) is 0. The molecule has 0 aromatic carbocycles. The number of allylic oxidation sites excluding steroid dienone is 1. The van der Waals surface area contributed by atoms with Crippen LogP contribution in [0.2, 0.25) is 0 Å². The van der Waals surface area contributed by atoms with Gasteiger partial charge in [-0.15, -0.1) is 0 Å². The van der Waals surface area contributed by atoms with Crippen molar-refractivity contribution in [2.45, 2.75) is 33.3 Å².